The van der Waals surface area contributed by atoms with E-state index in [2.05, 4.69) is 10.3 Å². The summed E-state index contributed by atoms with van der Waals surface area (Å²) in [6.07, 6.45) is 1.42. The highest BCUT2D eigenvalue weighted by Gasteiger charge is 2.29. The van der Waals surface area contributed by atoms with Crippen molar-refractivity contribution in [2.75, 3.05) is 12.9 Å². The molecule has 3 rings (SSSR count). The van der Waals surface area contributed by atoms with Gasteiger partial charge >= 0.3 is 0 Å². The highest BCUT2D eigenvalue weighted by atomic mass is 35.5. The van der Waals surface area contributed by atoms with E-state index in [-0.39, 0.29) is 32.5 Å². The topological polar surface area (TPSA) is 111 Å². The molecule has 138 valence electrons. The third-order valence-electron chi connectivity index (χ3n) is 4.06. The molecule has 0 unspecified atom stereocenters. The summed E-state index contributed by atoms with van der Waals surface area (Å²) in [6.45, 7) is 1.89. The molecule has 1 aromatic carbocycles. The number of benzene rings is 1. The third-order valence-corrected chi connectivity index (χ3v) is 5.59. The van der Waals surface area contributed by atoms with E-state index < -0.39 is 15.6 Å². The Hall–Kier alpha value is -2.39. The molecule has 1 aliphatic heterocycles. The van der Waals surface area contributed by atoms with Gasteiger partial charge in [-0.2, -0.15) is 5.10 Å². The van der Waals surface area contributed by atoms with Crippen molar-refractivity contribution in [3.63, 3.8) is 0 Å². The summed E-state index contributed by atoms with van der Waals surface area (Å²) >= 11 is 6.43. The molecule has 1 N–H and O–H groups in total. The van der Waals surface area contributed by atoms with Crippen LogP contribution in [0.2, 0.25) is 5.02 Å². The van der Waals surface area contributed by atoms with E-state index in [1.807, 2.05) is 0 Å². The van der Waals surface area contributed by atoms with E-state index in [1.165, 1.54) is 23.9 Å². The van der Waals surface area contributed by atoms with Gasteiger partial charge in [-0.3, -0.25) is 4.79 Å². The van der Waals surface area contributed by atoms with Gasteiger partial charge in [0.15, 0.2) is 9.84 Å². The summed E-state index contributed by atoms with van der Waals surface area (Å²) in [7, 11) is -2.11. The lowest BCUT2D eigenvalue weighted by Crippen LogP contribution is -2.13. The lowest BCUT2D eigenvalue weighted by atomic mass is 9.98. The second kappa shape index (κ2) is 6.40. The first-order chi connectivity index (χ1) is 12.1. The van der Waals surface area contributed by atoms with Crippen LogP contribution in [0.4, 0.5) is 0 Å². The molecule has 0 aliphatic carbocycles. The number of rotatable bonds is 4. The predicted molar refractivity (Wildman–Crippen MR) is 94.7 cm³/mol. The number of halogens is 1. The van der Waals surface area contributed by atoms with Crippen LogP contribution in [0.25, 0.3) is 0 Å². The van der Waals surface area contributed by atoms with E-state index in [1.54, 1.807) is 6.92 Å². The number of aromatic nitrogens is 2. The number of hydrogen-bond donors (Lipinski definition) is 1. The van der Waals surface area contributed by atoms with Crippen molar-refractivity contribution in [3.05, 3.63) is 39.5 Å². The molecule has 0 spiro atoms. The first kappa shape index (κ1) is 18.4. The number of aryl methyl sites for hydroxylation is 2. The Morgan fingerprint density at radius 2 is 2.08 bits per heavy atom. The van der Waals surface area contributed by atoms with Crippen LogP contribution in [0.1, 0.15) is 33.6 Å². The van der Waals surface area contributed by atoms with Crippen molar-refractivity contribution in [1.29, 1.82) is 0 Å². The zero-order valence-corrected chi connectivity index (χ0v) is 15.8. The first-order valence-corrected chi connectivity index (χ1v) is 9.89. The Labute approximate surface area is 154 Å². The zero-order valence-electron chi connectivity index (χ0n) is 14.3. The van der Waals surface area contributed by atoms with Crippen LogP contribution in [-0.4, -0.2) is 47.7 Å². The Morgan fingerprint density at radius 3 is 2.58 bits per heavy atom. The highest BCUT2D eigenvalue weighted by molar-refractivity contribution is 7.90. The summed E-state index contributed by atoms with van der Waals surface area (Å²) in [4.78, 5) is 17.9. The SMILES string of the molecule is Cc1nn(C)c(O)c1C(=O)c1ccc(S(C)(=O)=O)c(C2=NOCC2)c1Cl. The van der Waals surface area contributed by atoms with Crippen molar-refractivity contribution in [2.45, 2.75) is 18.2 Å². The number of carbonyl (C=O) groups is 1. The maximum Gasteiger partial charge on any atom is 0.220 e. The number of carbonyl (C=O) groups excluding carboxylic acids is 1. The molecule has 1 aromatic heterocycles. The van der Waals surface area contributed by atoms with Crippen LogP contribution >= 0.6 is 11.6 Å². The minimum Gasteiger partial charge on any atom is -0.493 e. The molecule has 0 atom stereocenters. The minimum atomic E-state index is -3.61. The molecule has 0 fully saturated rings. The molecular formula is C16H16ClN3O5S. The lowest BCUT2D eigenvalue weighted by molar-refractivity contribution is 0.103. The predicted octanol–water partition coefficient (Wildman–Crippen LogP) is 1.85. The monoisotopic (exact) mass is 397 g/mol. The van der Waals surface area contributed by atoms with Gasteiger partial charge in [0.05, 0.1) is 21.3 Å². The lowest BCUT2D eigenvalue weighted by Gasteiger charge is -2.13. The maximum atomic E-state index is 12.9. The summed E-state index contributed by atoms with van der Waals surface area (Å²) in [5.74, 6) is -0.849. The summed E-state index contributed by atoms with van der Waals surface area (Å²) in [6, 6.07) is 2.64. The quantitative estimate of drug-likeness (QED) is 0.788. The normalized spacial score (nSPS) is 14.2. The van der Waals surface area contributed by atoms with Crippen molar-refractivity contribution >= 4 is 32.9 Å². The number of oxime groups is 1. The number of sulfone groups is 1. The average Bonchev–Trinajstić information content (AvgIpc) is 3.14. The van der Waals surface area contributed by atoms with Gasteiger partial charge in [0, 0.05) is 30.9 Å². The standard InChI is InChI=1S/C16H16ClN3O5S/c1-8-12(16(22)20(2)18-8)15(21)9-4-5-11(26(3,23)24)13(14(9)17)10-6-7-25-19-10/h4-5,22H,6-7H2,1-3H3. The molecule has 0 saturated heterocycles. The van der Waals surface area contributed by atoms with E-state index >= 15 is 0 Å². The van der Waals surface area contributed by atoms with Crippen LogP contribution in [0.15, 0.2) is 22.2 Å². The number of nitrogens with zero attached hydrogens (tertiary/aromatic N) is 3. The highest BCUT2D eigenvalue weighted by Crippen LogP contribution is 2.33. The van der Waals surface area contributed by atoms with Gasteiger partial charge in [0.25, 0.3) is 0 Å². The van der Waals surface area contributed by atoms with Gasteiger partial charge in [-0.1, -0.05) is 16.8 Å². The van der Waals surface area contributed by atoms with E-state index in [9.17, 15) is 18.3 Å². The van der Waals surface area contributed by atoms with Gasteiger partial charge in [-0.05, 0) is 19.1 Å². The molecule has 2 aromatic rings. The molecule has 1 aliphatic rings. The fourth-order valence-electron chi connectivity index (χ4n) is 2.84. The van der Waals surface area contributed by atoms with E-state index in [4.69, 9.17) is 16.4 Å². The second-order valence-electron chi connectivity index (χ2n) is 5.93. The van der Waals surface area contributed by atoms with Crippen molar-refractivity contribution in [2.24, 2.45) is 12.2 Å². The van der Waals surface area contributed by atoms with Crippen LogP contribution in [0.3, 0.4) is 0 Å². The Balaban J connectivity index is 2.24. The average molecular weight is 398 g/mol. The largest absolute Gasteiger partial charge is 0.493 e. The van der Waals surface area contributed by atoms with Gasteiger partial charge in [0.2, 0.25) is 11.7 Å². The number of aromatic hydroxyl groups is 1. The van der Waals surface area contributed by atoms with Crippen LogP contribution in [-0.2, 0) is 21.7 Å². The van der Waals surface area contributed by atoms with Crippen molar-refractivity contribution in [3.8, 4) is 5.88 Å². The Kier molecular flexibility index (Phi) is 4.53. The fourth-order valence-corrected chi connectivity index (χ4v) is 4.16. The molecule has 26 heavy (non-hydrogen) atoms. The van der Waals surface area contributed by atoms with Crippen molar-refractivity contribution in [1.82, 2.24) is 9.78 Å². The molecule has 0 radical (unpaired) electrons. The summed E-state index contributed by atoms with van der Waals surface area (Å²) in [5.41, 5.74) is 0.907. The molecule has 8 nitrogen and oxygen atoms in total. The Morgan fingerprint density at radius 1 is 1.38 bits per heavy atom. The number of hydrogen-bond acceptors (Lipinski definition) is 7. The van der Waals surface area contributed by atoms with Gasteiger partial charge in [-0.25, -0.2) is 13.1 Å². The summed E-state index contributed by atoms with van der Waals surface area (Å²) < 4.78 is 25.4. The van der Waals surface area contributed by atoms with E-state index in [0.717, 1.165) is 6.26 Å². The summed E-state index contributed by atoms with van der Waals surface area (Å²) in [5, 5.41) is 17.9. The minimum absolute atomic E-state index is 0.0112. The zero-order chi connectivity index (χ0) is 19.2. The Bertz CT molecular complexity index is 1060. The van der Waals surface area contributed by atoms with Crippen LogP contribution in [0.5, 0.6) is 5.88 Å². The van der Waals surface area contributed by atoms with Crippen LogP contribution in [0, 0.1) is 6.92 Å². The molecule has 0 saturated carbocycles. The number of ketones is 1. The third kappa shape index (κ3) is 2.97. The van der Waals surface area contributed by atoms with Gasteiger partial charge in [0.1, 0.15) is 12.2 Å². The van der Waals surface area contributed by atoms with Crippen molar-refractivity contribution < 1.29 is 23.2 Å². The molecular weight excluding hydrogens is 382 g/mol. The molecule has 0 bridgehead atoms. The smallest absolute Gasteiger partial charge is 0.220 e. The van der Waals surface area contributed by atoms with Gasteiger partial charge in [-0.15, -0.1) is 0 Å². The van der Waals surface area contributed by atoms with Crippen LogP contribution < -0.4 is 0 Å². The maximum absolute atomic E-state index is 12.9. The van der Waals surface area contributed by atoms with Gasteiger partial charge < -0.3 is 9.94 Å². The van der Waals surface area contributed by atoms with E-state index in [0.29, 0.717) is 24.4 Å². The molecule has 2 heterocycles. The molecule has 10 heteroatoms. The molecule has 0 amide bonds. The fraction of sp³-hybridized carbons (Fsp3) is 0.312. The first-order valence-electron chi connectivity index (χ1n) is 7.62. The second-order valence-corrected chi connectivity index (χ2v) is 8.29.